The van der Waals surface area contributed by atoms with Gasteiger partial charge in [0.15, 0.2) is 5.69 Å². The summed E-state index contributed by atoms with van der Waals surface area (Å²) in [6.07, 6.45) is -3.57. The van der Waals surface area contributed by atoms with Crippen LogP contribution in [0.4, 0.5) is 17.6 Å². The van der Waals surface area contributed by atoms with Gasteiger partial charge in [-0.3, -0.25) is 9.48 Å². The zero-order valence-electron chi connectivity index (χ0n) is 17.1. The maximum atomic E-state index is 13.9. The van der Waals surface area contributed by atoms with Crippen molar-refractivity contribution in [3.8, 4) is 0 Å². The van der Waals surface area contributed by atoms with Crippen LogP contribution < -0.4 is 0 Å². The van der Waals surface area contributed by atoms with Gasteiger partial charge in [0.1, 0.15) is 5.82 Å². The Bertz CT molecular complexity index is 1160. The molecule has 0 aliphatic carbocycles. The zero-order valence-corrected chi connectivity index (χ0v) is 17.1. The van der Waals surface area contributed by atoms with Gasteiger partial charge < -0.3 is 9.64 Å². The van der Waals surface area contributed by atoms with Gasteiger partial charge in [0.2, 0.25) is 0 Å². The Morgan fingerprint density at radius 2 is 1.78 bits per heavy atom. The Morgan fingerprint density at radius 3 is 2.44 bits per heavy atom. The number of benzene rings is 2. The SMILES string of the molecule is O=C(c1nn(C2COC2)c2ccc(F)cc12)N1CCC(c2ccccc2C(F)(F)F)CC1. The van der Waals surface area contributed by atoms with E-state index in [1.54, 1.807) is 21.7 Å². The molecule has 0 unspecified atom stereocenters. The number of aromatic nitrogens is 2. The second-order valence-corrected chi connectivity index (χ2v) is 8.30. The summed E-state index contributed by atoms with van der Waals surface area (Å²) in [5.41, 5.74) is 0.485. The van der Waals surface area contributed by atoms with Crippen LogP contribution in [0.15, 0.2) is 42.5 Å². The van der Waals surface area contributed by atoms with Crippen LogP contribution in [0.3, 0.4) is 0 Å². The number of rotatable bonds is 3. The van der Waals surface area contributed by atoms with Gasteiger partial charge in [-0.2, -0.15) is 18.3 Å². The van der Waals surface area contributed by atoms with Crippen molar-refractivity contribution in [3.05, 3.63) is 65.1 Å². The first-order valence-corrected chi connectivity index (χ1v) is 10.5. The highest BCUT2D eigenvalue weighted by atomic mass is 19.4. The van der Waals surface area contributed by atoms with Crippen molar-refractivity contribution in [1.82, 2.24) is 14.7 Å². The summed E-state index contributed by atoms with van der Waals surface area (Å²) in [4.78, 5) is 14.9. The molecule has 32 heavy (non-hydrogen) atoms. The molecule has 0 atom stereocenters. The number of hydrogen-bond acceptors (Lipinski definition) is 3. The third kappa shape index (κ3) is 3.64. The fraction of sp³-hybridized carbons (Fsp3) is 0.391. The molecule has 3 aromatic rings. The van der Waals surface area contributed by atoms with E-state index in [1.807, 2.05) is 0 Å². The number of fused-ring (bicyclic) bond motifs is 1. The molecule has 168 valence electrons. The average Bonchev–Trinajstić information content (AvgIpc) is 3.09. The molecule has 3 heterocycles. The topological polar surface area (TPSA) is 47.4 Å². The lowest BCUT2D eigenvalue weighted by atomic mass is 9.86. The number of alkyl halides is 3. The molecule has 1 aromatic heterocycles. The van der Waals surface area contributed by atoms with Crippen LogP contribution >= 0.6 is 0 Å². The molecular weight excluding hydrogens is 426 g/mol. The number of carbonyl (C=O) groups excluding carboxylic acids is 1. The van der Waals surface area contributed by atoms with E-state index in [9.17, 15) is 22.4 Å². The average molecular weight is 447 g/mol. The number of nitrogens with zero attached hydrogens (tertiary/aromatic N) is 3. The molecule has 0 spiro atoms. The van der Waals surface area contributed by atoms with Crippen molar-refractivity contribution in [1.29, 1.82) is 0 Å². The lowest BCUT2D eigenvalue weighted by Crippen LogP contribution is -2.38. The Hall–Kier alpha value is -2.94. The van der Waals surface area contributed by atoms with Gasteiger partial charge in [0.25, 0.3) is 5.91 Å². The molecular formula is C23H21F4N3O2. The second kappa shape index (κ2) is 7.88. The third-order valence-electron chi connectivity index (χ3n) is 6.33. The number of hydrogen-bond donors (Lipinski definition) is 0. The van der Waals surface area contributed by atoms with Gasteiger partial charge in [0, 0.05) is 18.5 Å². The zero-order chi connectivity index (χ0) is 22.5. The predicted molar refractivity (Wildman–Crippen MR) is 109 cm³/mol. The molecule has 0 saturated carbocycles. The van der Waals surface area contributed by atoms with E-state index in [2.05, 4.69) is 5.10 Å². The van der Waals surface area contributed by atoms with E-state index in [-0.39, 0.29) is 29.1 Å². The van der Waals surface area contributed by atoms with E-state index in [1.165, 1.54) is 24.3 Å². The number of carbonyl (C=O) groups is 1. The van der Waals surface area contributed by atoms with E-state index < -0.39 is 17.6 Å². The molecule has 2 saturated heterocycles. The Balaban J connectivity index is 1.38. The first-order chi connectivity index (χ1) is 15.3. The van der Waals surface area contributed by atoms with Crippen molar-refractivity contribution < 1.29 is 27.1 Å². The first-order valence-electron chi connectivity index (χ1n) is 10.5. The van der Waals surface area contributed by atoms with E-state index in [0.717, 1.165) is 6.07 Å². The summed E-state index contributed by atoms with van der Waals surface area (Å²) in [6.45, 7) is 1.58. The summed E-state index contributed by atoms with van der Waals surface area (Å²) in [6, 6.07) is 9.85. The summed E-state index contributed by atoms with van der Waals surface area (Å²) < 4.78 is 61.0. The first kappa shape index (κ1) is 20.9. The maximum absolute atomic E-state index is 13.9. The van der Waals surface area contributed by atoms with Gasteiger partial charge in [-0.1, -0.05) is 18.2 Å². The number of ether oxygens (including phenoxy) is 1. The van der Waals surface area contributed by atoms with Gasteiger partial charge in [-0.25, -0.2) is 4.39 Å². The number of halogens is 4. The van der Waals surface area contributed by atoms with E-state index in [0.29, 0.717) is 50.0 Å². The third-order valence-corrected chi connectivity index (χ3v) is 6.33. The van der Waals surface area contributed by atoms with Crippen molar-refractivity contribution in [3.63, 3.8) is 0 Å². The van der Waals surface area contributed by atoms with Crippen LogP contribution in [0.2, 0.25) is 0 Å². The van der Waals surface area contributed by atoms with Crippen LogP contribution in [0.1, 0.15) is 46.4 Å². The lowest BCUT2D eigenvalue weighted by Gasteiger charge is -2.33. The Morgan fingerprint density at radius 1 is 1.06 bits per heavy atom. The van der Waals surface area contributed by atoms with Crippen molar-refractivity contribution in [2.24, 2.45) is 0 Å². The summed E-state index contributed by atoms with van der Waals surface area (Å²) in [5, 5.41) is 4.92. The molecule has 1 amide bonds. The molecule has 2 aliphatic heterocycles. The fourth-order valence-electron chi connectivity index (χ4n) is 4.57. The smallest absolute Gasteiger partial charge is 0.377 e. The quantitative estimate of drug-likeness (QED) is 0.543. The summed E-state index contributed by atoms with van der Waals surface area (Å²) in [7, 11) is 0. The summed E-state index contributed by atoms with van der Waals surface area (Å²) >= 11 is 0. The minimum Gasteiger partial charge on any atom is -0.377 e. The van der Waals surface area contributed by atoms with Crippen LogP contribution in [-0.2, 0) is 10.9 Å². The molecule has 5 nitrogen and oxygen atoms in total. The lowest BCUT2D eigenvalue weighted by molar-refractivity contribution is -0.138. The fourth-order valence-corrected chi connectivity index (χ4v) is 4.57. The number of piperidine rings is 1. The normalized spacial score (nSPS) is 18.2. The molecule has 0 radical (unpaired) electrons. The Labute approximate surface area is 181 Å². The number of likely N-dealkylation sites (tertiary alicyclic amines) is 1. The molecule has 2 fully saturated rings. The largest absolute Gasteiger partial charge is 0.416 e. The van der Waals surface area contributed by atoms with Crippen molar-refractivity contribution >= 4 is 16.8 Å². The van der Waals surface area contributed by atoms with Crippen LogP contribution in [0, 0.1) is 5.82 Å². The molecule has 5 rings (SSSR count). The standard InChI is InChI=1S/C23H21F4N3O2/c24-15-5-6-20-18(11-15)21(28-30(20)16-12-32-13-16)22(31)29-9-7-14(8-10-29)17-3-1-2-4-19(17)23(25,26)27/h1-6,11,14,16H,7-10,12-13H2. The van der Waals surface area contributed by atoms with E-state index >= 15 is 0 Å². The van der Waals surface area contributed by atoms with Crippen LogP contribution in [0.5, 0.6) is 0 Å². The van der Waals surface area contributed by atoms with Gasteiger partial charge in [-0.15, -0.1) is 0 Å². The number of amides is 1. The molecule has 2 aliphatic rings. The van der Waals surface area contributed by atoms with Crippen LogP contribution in [0.25, 0.3) is 10.9 Å². The maximum Gasteiger partial charge on any atom is 0.416 e. The predicted octanol–water partition coefficient (Wildman–Crippen LogP) is 4.79. The van der Waals surface area contributed by atoms with Crippen molar-refractivity contribution in [2.75, 3.05) is 26.3 Å². The van der Waals surface area contributed by atoms with Gasteiger partial charge in [-0.05, 0) is 48.6 Å². The molecule has 0 N–H and O–H groups in total. The van der Waals surface area contributed by atoms with Gasteiger partial charge in [0.05, 0.1) is 30.3 Å². The van der Waals surface area contributed by atoms with Crippen LogP contribution in [-0.4, -0.2) is 46.9 Å². The molecule has 2 aromatic carbocycles. The highest BCUT2D eigenvalue weighted by Gasteiger charge is 2.36. The minimum atomic E-state index is -4.41. The van der Waals surface area contributed by atoms with E-state index in [4.69, 9.17) is 4.74 Å². The Kier molecular flexibility index (Phi) is 5.16. The minimum absolute atomic E-state index is 0.00545. The second-order valence-electron chi connectivity index (χ2n) is 8.30. The molecule has 0 bridgehead atoms. The summed E-state index contributed by atoms with van der Waals surface area (Å²) in [5.74, 6) is -1.07. The monoisotopic (exact) mass is 447 g/mol. The molecule has 9 heteroatoms. The van der Waals surface area contributed by atoms with Gasteiger partial charge >= 0.3 is 6.18 Å². The highest BCUT2D eigenvalue weighted by Crippen LogP contribution is 2.39. The highest BCUT2D eigenvalue weighted by molar-refractivity contribution is 6.05. The van der Waals surface area contributed by atoms with Crippen molar-refractivity contribution in [2.45, 2.75) is 31.0 Å².